The number of aliphatic hydroxyl groups is 1. The number of carbonyl (C=O) groups is 1. The van der Waals surface area contributed by atoms with Crippen molar-refractivity contribution in [1.29, 1.82) is 0 Å². The summed E-state index contributed by atoms with van der Waals surface area (Å²) >= 11 is 12.1. The van der Waals surface area contributed by atoms with Gasteiger partial charge in [-0.2, -0.15) is 0 Å². The molecule has 0 aromatic heterocycles. The average molecular weight is 513 g/mol. The molecule has 1 atom stereocenters. The van der Waals surface area contributed by atoms with Gasteiger partial charge in [0.1, 0.15) is 6.10 Å². The van der Waals surface area contributed by atoms with E-state index in [0.717, 1.165) is 37.2 Å². The van der Waals surface area contributed by atoms with Gasteiger partial charge in [0.2, 0.25) is 0 Å². The first-order chi connectivity index (χ1) is 17.0. The molecule has 0 saturated carbocycles. The fraction of sp³-hybridized carbons (Fsp3) is 0.321. The van der Waals surface area contributed by atoms with Gasteiger partial charge in [-0.05, 0) is 47.4 Å². The molecular formula is C28H30Cl2N2O3. The van der Waals surface area contributed by atoms with Crippen LogP contribution >= 0.6 is 23.2 Å². The van der Waals surface area contributed by atoms with Crippen molar-refractivity contribution in [2.24, 2.45) is 0 Å². The maximum Gasteiger partial charge on any atom is 0.256 e. The topological polar surface area (TPSA) is 53.0 Å². The molecule has 1 aliphatic heterocycles. The fourth-order valence-electron chi connectivity index (χ4n) is 4.29. The second-order valence-corrected chi connectivity index (χ2v) is 9.56. The third-order valence-electron chi connectivity index (χ3n) is 6.28. The number of carbonyl (C=O) groups excluding carboxylic acids is 1. The Hall–Kier alpha value is -2.41. The lowest BCUT2D eigenvalue weighted by atomic mass is 10.0. The zero-order valence-corrected chi connectivity index (χ0v) is 21.0. The number of ether oxygens (including phenoxy) is 1. The summed E-state index contributed by atoms with van der Waals surface area (Å²) in [6.45, 7) is 4.28. The van der Waals surface area contributed by atoms with Gasteiger partial charge in [-0.25, -0.2) is 0 Å². The van der Waals surface area contributed by atoms with E-state index in [1.165, 1.54) is 0 Å². The second kappa shape index (κ2) is 12.5. The van der Waals surface area contributed by atoms with Crippen molar-refractivity contribution >= 4 is 29.1 Å². The molecule has 1 N–H and O–H groups in total. The lowest BCUT2D eigenvalue weighted by Crippen LogP contribution is -2.50. The molecule has 1 aliphatic rings. The molecule has 0 spiro atoms. The Morgan fingerprint density at radius 3 is 1.89 bits per heavy atom. The summed E-state index contributed by atoms with van der Waals surface area (Å²) < 4.78 is 6.31. The summed E-state index contributed by atoms with van der Waals surface area (Å²) in [5.41, 5.74) is 2.72. The number of hydrogen-bond donors (Lipinski definition) is 1. The number of rotatable bonds is 9. The van der Waals surface area contributed by atoms with Crippen LogP contribution in [-0.2, 0) is 9.53 Å². The smallest absolute Gasteiger partial charge is 0.256 e. The van der Waals surface area contributed by atoms with E-state index in [0.29, 0.717) is 35.3 Å². The van der Waals surface area contributed by atoms with Gasteiger partial charge in [-0.3, -0.25) is 9.69 Å². The van der Waals surface area contributed by atoms with Crippen molar-refractivity contribution in [3.05, 3.63) is 106 Å². The van der Waals surface area contributed by atoms with E-state index in [4.69, 9.17) is 27.9 Å². The van der Waals surface area contributed by atoms with Crippen LogP contribution in [0.4, 0.5) is 0 Å². The molecule has 0 aliphatic carbocycles. The van der Waals surface area contributed by atoms with E-state index in [1.807, 2.05) is 66.7 Å². The van der Waals surface area contributed by atoms with Gasteiger partial charge >= 0.3 is 0 Å². The summed E-state index contributed by atoms with van der Waals surface area (Å²) in [5.74, 6) is -0.229. The van der Waals surface area contributed by atoms with Gasteiger partial charge in [-0.1, -0.05) is 77.8 Å². The second-order valence-electron chi connectivity index (χ2n) is 8.69. The molecule has 1 saturated heterocycles. The highest BCUT2D eigenvalue weighted by Gasteiger charge is 2.27. The van der Waals surface area contributed by atoms with E-state index >= 15 is 0 Å². The summed E-state index contributed by atoms with van der Waals surface area (Å²) in [6.07, 6.45) is -0.426. The minimum absolute atomic E-state index is 0.196. The van der Waals surface area contributed by atoms with Gasteiger partial charge in [0.05, 0.1) is 0 Å². The number of hydrogen-bond acceptors (Lipinski definition) is 4. The Labute approximate surface area is 216 Å². The molecule has 184 valence electrons. The molecule has 0 unspecified atom stereocenters. The quantitative estimate of drug-likeness (QED) is 0.391. The van der Waals surface area contributed by atoms with Crippen LogP contribution in [0.2, 0.25) is 10.0 Å². The highest BCUT2D eigenvalue weighted by molar-refractivity contribution is 6.30. The van der Waals surface area contributed by atoms with Crippen molar-refractivity contribution < 1.29 is 14.6 Å². The molecule has 1 fully saturated rings. The monoisotopic (exact) mass is 512 g/mol. The third-order valence-corrected chi connectivity index (χ3v) is 6.79. The van der Waals surface area contributed by atoms with Crippen LogP contribution in [0.25, 0.3) is 0 Å². The zero-order valence-electron chi connectivity index (χ0n) is 19.5. The van der Waals surface area contributed by atoms with Crippen LogP contribution in [0.1, 0.15) is 35.3 Å². The largest absolute Gasteiger partial charge is 0.378 e. The lowest BCUT2D eigenvalue weighted by Gasteiger charge is -2.35. The number of aliphatic hydroxyl groups excluding tert-OH is 1. The van der Waals surface area contributed by atoms with Crippen LogP contribution in [0.15, 0.2) is 78.9 Å². The summed E-state index contributed by atoms with van der Waals surface area (Å²) in [7, 11) is 0. The van der Waals surface area contributed by atoms with Gasteiger partial charge in [-0.15, -0.1) is 0 Å². The van der Waals surface area contributed by atoms with Gasteiger partial charge in [0.15, 0.2) is 6.10 Å². The molecule has 1 amide bonds. The molecule has 4 rings (SSSR count). The van der Waals surface area contributed by atoms with E-state index in [9.17, 15) is 9.90 Å². The number of halogens is 2. The SMILES string of the molecule is O=C([C@H](O)c1ccccc1)N1CCN(CCCOC(c2ccc(Cl)cc2)c2ccc(Cl)cc2)CC1. The average Bonchev–Trinajstić information content (AvgIpc) is 2.90. The number of amides is 1. The van der Waals surface area contributed by atoms with E-state index in [-0.39, 0.29) is 12.0 Å². The fourth-order valence-corrected chi connectivity index (χ4v) is 4.54. The van der Waals surface area contributed by atoms with Crippen molar-refractivity contribution in [3.63, 3.8) is 0 Å². The lowest BCUT2D eigenvalue weighted by molar-refractivity contribution is -0.142. The summed E-state index contributed by atoms with van der Waals surface area (Å²) in [4.78, 5) is 16.8. The minimum atomic E-state index is -1.10. The molecule has 1 heterocycles. The Balaban J connectivity index is 1.25. The third kappa shape index (κ3) is 7.06. The highest BCUT2D eigenvalue weighted by atomic mass is 35.5. The van der Waals surface area contributed by atoms with Gasteiger partial charge in [0, 0.05) is 49.4 Å². The number of benzene rings is 3. The zero-order chi connectivity index (χ0) is 24.6. The maximum atomic E-state index is 12.7. The molecule has 5 nitrogen and oxygen atoms in total. The van der Waals surface area contributed by atoms with Crippen molar-refractivity contribution in [3.8, 4) is 0 Å². The Bertz CT molecular complexity index is 1020. The maximum absolute atomic E-state index is 12.7. The molecule has 3 aromatic carbocycles. The molecule has 35 heavy (non-hydrogen) atoms. The van der Waals surface area contributed by atoms with E-state index < -0.39 is 6.10 Å². The Morgan fingerprint density at radius 2 is 1.34 bits per heavy atom. The Kier molecular flexibility index (Phi) is 9.18. The normalized spacial score (nSPS) is 15.4. The van der Waals surface area contributed by atoms with Crippen LogP contribution in [-0.4, -0.2) is 60.1 Å². The first-order valence-electron chi connectivity index (χ1n) is 11.9. The number of piperazine rings is 1. The molecular weight excluding hydrogens is 483 g/mol. The molecule has 0 radical (unpaired) electrons. The van der Waals surface area contributed by atoms with Crippen molar-refractivity contribution in [2.45, 2.75) is 18.6 Å². The molecule has 0 bridgehead atoms. The Morgan fingerprint density at radius 1 is 0.800 bits per heavy atom. The van der Waals surface area contributed by atoms with Gasteiger partial charge < -0.3 is 14.7 Å². The van der Waals surface area contributed by atoms with Crippen molar-refractivity contribution in [1.82, 2.24) is 9.80 Å². The number of nitrogens with zero attached hydrogens (tertiary/aromatic N) is 2. The summed E-state index contributed by atoms with van der Waals surface area (Å²) in [6, 6.07) is 24.5. The van der Waals surface area contributed by atoms with Gasteiger partial charge in [0.25, 0.3) is 5.91 Å². The van der Waals surface area contributed by atoms with E-state index in [1.54, 1.807) is 17.0 Å². The standard InChI is InChI=1S/C28H30Cl2N2O3/c29-24-11-7-22(8-12-24)27(23-9-13-25(30)14-10-23)35-20-4-15-31-16-18-32(19-17-31)28(34)26(33)21-5-2-1-3-6-21/h1-3,5-14,26-27,33H,4,15-20H2/t26-/m1/s1. The van der Waals surface area contributed by atoms with Crippen LogP contribution in [0, 0.1) is 0 Å². The predicted octanol–water partition coefficient (Wildman–Crippen LogP) is 5.37. The first-order valence-corrected chi connectivity index (χ1v) is 12.6. The first kappa shape index (κ1) is 25.7. The van der Waals surface area contributed by atoms with Crippen LogP contribution in [0.5, 0.6) is 0 Å². The molecule has 3 aromatic rings. The minimum Gasteiger partial charge on any atom is -0.378 e. The van der Waals surface area contributed by atoms with Crippen LogP contribution < -0.4 is 0 Å². The van der Waals surface area contributed by atoms with Crippen LogP contribution in [0.3, 0.4) is 0 Å². The highest BCUT2D eigenvalue weighted by Crippen LogP contribution is 2.28. The summed E-state index contributed by atoms with van der Waals surface area (Å²) in [5, 5.41) is 11.8. The van der Waals surface area contributed by atoms with Crippen molar-refractivity contribution in [2.75, 3.05) is 39.3 Å². The predicted molar refractivity (Wildman–Crippen MR) is 140 cm³/mol. The molecule has 7 heteroatoms. The van der Waals surface area contributed by atoms with E-state index in [2.05, 4.69) is 4.90 Å².